The molecular formula is C23H23FN8O2. The monoisotopic (exact) mass is 462 g/mol. The number of nitrogens with one attached hydrogen (secondary N) is 3. The Morgan fingerprint density at radius 3 is 2.65 bits per heavy atom. The number of halogens is 1. The number of amides is 1. The molecule has 1 saturated carbocycles. The molecule has 1 aliphatic carbocycles. The Bertz CT molecular complexity index is 1310. The second-order valence-corrected chi connectivity index (χ2v) is 8.13. The summed E-state index contributed by atoms with van der Waals surface area (Å²) < 4.78 is 14.9. The molecule has 4 heterocycles. The van der Waals surface area contributed by atoms with Gasteiger partial charge in [-0.25, -0.2) is 19.5 Å². The lowest BCUT2D eigenvalue weighted by atomic mass is 9.93. The average Bonchev–Trinajstić information content (AvgIpc) is 3.26. The summed E-state index contributed by atoms with van der Waals surface area (Å²) >= 11 is 0. The summed E-state index contributed by atoms with van der Waals surface area (Å²) in [6.07, 6.45) is 7.17. The van der Waals surface area contributed by atoms with E-state index in [0.717, 1.165) is 31.7 Å². The van der Waals surface area contributed by atoms with Crippen LogP contribution in [0.1, 0.15) is 36.2 Å². The first-order valence-electron chi connectivity index (χ1n) is 11.0. The molecule has 11 heteroatoms. The standard InChI is InChI=1S/C23H23FN8O2/c24-19-11-15(8-10-25-19)29-23(34)18-13-27-22-17(30-20-3-1-2-9-26-20)12-21(31-32(18)22)28-14-4-6-16(33)7-5-14/h1-3,8-14,16,33H,4-7H2,(H,26,30)(H,28,31)(H,25,29,34)/t14-,16-. The number of carbonyl (C=O) groups excluding carboxylic acids is 1. The van der Waals surface area contributed by atoms with Crippen molar-refractivity contribution in [2.75, 3.05) is 16.0 Å². The Kier molecular flexibility index (Phi) is 6.00. The van der Waals surface area contributed by atoms with Gasteiger partial charge in [-0.15, -0.1) is 5.10 Å². The number of pyridine rings is 2. The summed E-state index contributed by atoms with van der Waals surface area (Å²) in [6, 6.07) is 10.1. The van der Waals surface area contributed by atoms with Crippen molar-refractivity contribution in [1.29, 1.82) is 0 Å². The molecule has 1 fully saturated rings. The van der Waals surface area contributed by atoms with Crippen molar-refractivity contribution in [2.24, 2.45) is 0 Å². The van der Waals surface area contributed by atoms with Crippen molar-refractivity contribution < 1.29 is 14.3 Å². The number of imidazole rings is 1. The molecular weight excluding hydrogens is 439 g/mol. The van der Waals surface area contributed by atoms with E-state index >= 15 is 0 Å². The molecule has 0 aromatic carbocycles. The van der Waals surface area contributed by atoms with Crippen LogP contribution in [0.5, 0.6) is 0 Å². The van der Waals surface area contributed by atoms with Gasteiger partial charge in [-0.05, 0) is 43.9 Å². The van der Waals surface area contributed by atoms with E-state index in [0.29, 0.717) is 23.0 Å². The normalized spacial score (nSPS) is 17.9. The highest BCUT2D eigenvalue weighted by atomic mass is 19.1. The van der Waals surface area contributed by atoms with Crippen molar-refractivity contribution in [2.45, 2.75) is 37.8 Å². The minimum atomic E-state index is -0.694. The fourth-order valence-electron chi connectivity index (χ4n) is 3.97. The van der Waals surface area contributed by atoms with Crippen LogP contribution in [0, 0.1) is 5.95 Å². The number of carbonyl (C=O) groups is 1. The molecule has 0 radical (unpaired) electrons. The first-order chi connectivity index (χ1) is 16.5. The predicted molar refractivity (Wildman–Crippen MR) is 125 cm³/mol. The van der Waals surface area contributed by atoms with Gasteiger partial charge in [0.1, 0.15) is 11.6 Å². The molecule has 0 bridgehead atoms. The van der Waals surface area contributed by atoms with Crippen molar-refractivity contribution in [3.8, 4) is 0 Å². The number of nitrogens with zero attached hydrogens (tertiary/aromatic N) is 5. The van der Waals surface area contributed by atoms with Gasteiger partial charge in [0.05, 0.1) is 18.0 Å². The molecule has 1 aliphatic rings. The zero-order valence-electron chi connectivity index (χ0n) is 18.1. The van der Waals surface area contributed by atoms with Crippen LogP contribution >= 0.6 is 0 Å². The maximum atomic E-state index is 13.4. The highest BCUT2D eigenvalue weighted by Gasteiger charge is 2.22. The number of aliphatic hydroxyl groups is 1. The minimum absolute atomic E-state index is 0.150. The van der Waals surface area contributed by atoms with Crippen LogP contribution < -0.4 is 16.0 Å². The highest BCUT2D eigenvalue weighted by Crippen LogP contribution is 2.26. The lowest BCUT2D eigenvalue weighted by Gasteiger charge is -2.26. The van der Waals surface area contributed by atoms with Crippen molar-refractivity contribution >= 4 is 34.6 Å². The number of rotatable bonds is 6. The fraction of sp³-hybridized carbons (Fsp3) is 0.261. The largest absolute Gasteiger partial charge is 0.393 e. The van der Waals surface area contributed by atoms with Gasteiger partial charge < -0.3 is 21.1 Å². The first-order valence-corrected chi connectivity index (χ1v) is 11.0. The molecule has 4 N–H and O–H groups in total. The Balaban J connectivity index is 1.49. The van der Waals surface area contributed by atoms with Crippen LogP contribution in [0.4, 0.5) is 27.4 Å². The Morgan fingerprint density at radius 1 is 1.03 bits per heavy atom. The van der Waals surface area contributed by atoms with Gasteiger partial charge in [-0.3, -0.25) is 4.79 Å². The number of aliphatic hydroxyl groups excluding tert-OH is 1. The third-order valence-electron chi connectivity index (χ3n) is 5.66. The second kappa shape index (κ2) is 9.40. The van der Waals surface area contributed by atoms with Crippen LogP contribution in [0.15, 0.2) is 55.0 Å². The van der Waals surface area contributed by atoms with Gasteiger partial charge in [0, 0.05) is 36.3 Å². The zero-order valence-corrected chi connectivity index (χ0v) is 18.1. The van der Waals surface area contributed by atoms with Crippen LogP contribution in [0.3, 0.4) is 0 Å². The van der Waals surface area contributed by atoms with E-state index in [1.165, 1.54) is 23.0 Å². The van der Waals surface area contributed by atoms with E-state index in [9.17, 15) is 14.3 Å². The molecule has 0 saturated heterocycles. The van der Waals surface area contributed by atoms with Crippen LogP contribution in [-0.4, -0.2) is 47.7 Å². The van der Waals surface area contributed by atoms with Gasteiger partial charge in [0.25, 0.3) is 5.91 Å². The molecule has 5 rings (SSSR count). The molecule has 34 heavy (non-hydrogen) atoms. The topological polar surface area (TPSA) is 129 Å². The highest BCUT2D eigenvalue weighted by molar-refractivity contribution is 6.03. The number of hydrogen-bond donors (Lipinski definition) is 4. The molecule has 0 spiro atoms. The number of hydrogen-bond acceptors (Lipinski definition) is 8. The van der Waals surface area contributed by atoms with Crippen molar-refractivity contribution in [1.82, 2.24) is 24.6 Å². The SMILES string of the molecule is O=C(Nc1ccnc(F)c1)c1cnc2c(Nc3ccccn3)cc(N[C@H]3CC[C@H](O)CC3)nn12. The molecule has 0 unspecified atom stereocenters. The van der Waals surface area contributed by atoms with Crippen molar-refractivity contribution in [3.63, 3.8) is 0 Å². The van der Waals surface area contributed by atoms with Gasteiger partial charge >= 0.3 is 0 Å². The molecule has 1 amide bonds. The van der Waals surface area contributed by atoms with Crippen LogP contribution in [0.25, 0.3) is 5.65 Å². The van der Waals surface area contributed by atoms with E-state index in [-0.39, 0.29) is 23.5 Å². The van der Waals surface area contributed by atoms with Crippen LogP contribution in [0.2, 0.25) is 0 Å². The molecule has 10 nitrogen and oxygen atoms in total. The third-order valence-corrected chi connectivity index (χ3v) is 5.66. The number of aromatic nitrogens is 5. The van der Waals surface area contributed by atoms with Crippen molar-refractivity contribution in [3.05, 3.63) is 66.6 Å². The van der Waals surface area contributed by atoms with Gasteiger partial charge in [0.2, 0.25) is 5.95 Å². The van der Waals surface area contributed by atoms with E-state index in [1.807, 2.05) is 24.3 Å². The average molecular weight is 462 g/mol. The zero-order chi connectivity index (χ0) is 23.5. The molecule has 0 aliphatic heterocycles. The summed E-state index contributed by atoms with van der Waals surface area (Å²) in [5.74, 6) is -0.0229. The van der Waals surface area contributed by atoms with E-state index < -0.39 is 11.9 Å². The summed E-state index contributed by atoms with van der Waals surface area (Å²) in [5.41, 5.74) is 1.50. The fourth-order valence-corrected chi connectivity index (χ4v) is 3.97. The first kappa shape index (κ1) is 21.7. The second-order valence-electron chi connectivity index (χ2n) is 8.13. The maximum Gasteiger partial charge on any atom is 0.276 e. The maximum absolute atomic E-state index is 13.4. The predicted octanol–water partition coefficient (Wildman–Crippen LogP) is 3.37. The summed E-state index contributed by atoms with van der Waals surface area (Å²) in [5, 5.41) is 23.7. The van der Waals surface area contributed by atoms with E-state index in [4.69, 9.17) is 0 Å². The number of anilines is 4. The van der Waals surface area contributed by atoms with Gasteiger partial charge in [-0.1, -0.05) is 6.07 Å². The van der Waals surface area contributed by atoms with Gasteiger partial charge in [-0.2, -0.15) is 4.39 Å². The lowest BCUT2D eigenvalue weighted by molar-refractivity contribution is 0.102. The minimum Gasteiger partial charge on any atom is -0.393 e. The smallest absolute Gasteiger partial charge is 0.276 e. The van der Waals surface area contributed by atoms with E-state index in [1.54, 1.807) is 6.20 Å². The molecule has 4 aromatic rings. The summed E-state index contributed by atoms with van der Waals surface area (Å²) in [6.45, 7) is 0. The lowest BCUT2D eigenvalue weighted by Crippen LogP contribution is -2.29. The summed E-state index contributed by atoms with van der Waals surface area (Å²) in [7, 11) is 0. The van der Waals surface area contributed by atoms with Crippen LogP contribution in [-0.2, 0) is 0 Å². The molecule has 0 atom stereocenters. The third kappa shape index (κ3) is 4.79. The summed E-state index contributed by atoms with van der Waals surface area (Å²) in [4.78, 5) is 25.2. The van der Waals surface area contributed by atoms with Gasteiger partial charge in [0.15, 0.2) is 11.3 Å². The Hall–Kier alpha value is -4.12. The molecule has 174 valence electrons. The molecule has 4 aromatic heterocycles. The Morgan fingerprint density at radius 2 is 1.88 bits per heavy atom. The quantitative estimate of drug-likeness (QED) is 0.321. The van der Waals surface area contributed by atoms with E-state index in [2.05, 4.69) is 36.0 Å². The number of fused-ring (bicyclic) bond motifs is 1. The Labute approximate surface area is 194 Å².